The van der Waals surface area contributed by atoms with Crippen molar-refractivity contribution in [1.29, 1.82) is 0 Å². The SMILES string of the molecule is Cc1cccc(S(=O)(=O)OCOS(=O)(=O)c2cccc(C)c2)c1. The first-order chi connectivity index (χ1) is 10.7. The van der Waals surface area contributed by atoms with Crippen LogP contribution in [0.1, 0.15) is 11.1 Å². The molecule has 0 atom stereocenters. The average Bonchev–Trinajstić information content (AvgIpc) is 2.47. The molecular weight excluding hydrogens is 340 g/mol. The van der Waals surface area contributed by atoms with Crippen LogP contribution in [-0.2, 0) is 28.6 Å². The van der Waals surface area contributed by atoms with Crippen LogP contribution in [0.5, 0.6) is 0 Å². The maximum atomic E-state index is 12.0. The summed E-state index contributed by atoms with van der Waals surface area (Å²) in [5, 5.41) is 0. The van der Waals surface area contributed by atoms with E-state index in [9.17, 15) is 16.8 Å². The first kappa shape index (κ1) is 17.6. The van der Waals surface area contributed by atoms with Crippen molar-refractivity contribution in [2.75, 3.05) is 6.79 Å². The van der Waals surface area contributed by atoms with Crippen molar-refractivity contribution in [3.8, 4) is 0 Å². The standard InChI is InChI=1S/C15H16O6S2/c1-12-5-3-7-14(9-12)22(16,17)20-11-21-23(18,19)15-8-4-6-13(2)10-15/h3-10H,11H2,1-2H3. The molecule has 0 aliphatic carbocycles. The van der Waals surface area contributed by atoms with E-state index in [0.717, 1.165) is 11.1 Å². The fourth-order valence-corrected chi connectivity index (χ4v) is 3.66. The molecular formula is C15H16O6S2. The van der Waals surface area contributed by atoms with E-state index in [4.69, 9.17) is 0 Å². The Hall–Kier alpha value is -1.74. The van der Waals surface area contributed by atoms with Crippen molar-refractivity contribution in [1.82, 2.24) is 0 Å². The Morgan fingerprint density at radius 1 is 0.739 bits per heavy atom. The van der Waals surface area contributed by atoms with Crippen molar-refractivity contribution in [3.05, 3.63) is 59.7 Å². The fraction of sp³-hybridized carbons (Fsp3) is 0.200. The highest BCUT2D eigenvalue weighted by Crippen LogP contribution is 2.17. The summed E-state index contributed by atoms with van der Waals surface area (Å²) in [4.78, 5) is -0.122. The molecule has 0 fully saturated rings. The van der Waals surface area contributed by atoms with Gasteiger partial charge in [-0.15, -0.1) is 0 Å². The molecule has 2 aromatic rings. The van der Waals surface area contributed by atoms with Crippen LogP contribution in [-0.4, -0.2) is 23.6 Å². The first-order valence-corrected chi connectivity index (χ1v) is 9.44. The van der Waals surface area contributed by atoms with Crippen LogP contribution in [0.15, 0.2) is 58.3 Å². The Morgan fingerprint density at radius 3 is 1.48 bits per heavy atom. The van der Waals surface area contributed by atoms with Gasteiger partial charge in [0.25, 0.3) is 20.2 Å². The van der Waals surface area contributed by atoms with Crippen molar-refractivity contribution < 1.29 is 25.2 Å². The van der Waals surface area contributed by atoms with Gasteiger partial charge >= 0.3 is 0 Å². The third kappa shape index (κ3) is 4.61. The summed E-state index contributed by atoms with van der Waals surface area (Å²) in [5.41, 5.74) is 1.48. The summed E-state index contributed by atoms with van der Waals surface area (Å²) in [6.07, 6.45) is 0. The lowest BCUT2D eigenvalue weighted by Gasteiger charge is -2.08. The molecule has 23 heavy (non-hydrogen) atoms. The molecule has 0 bridgehead atoms. The lowest BCUT2D eigenvalue weighted by molar-refractivity contribution is 0.132. The van der Waals surface area contributed by atoms with E-state index in [2.05, 4.69) is 8.37 Å². The highest BCUT2D eigenvalue weighted by Gasteiger charge is 2.19. The van der Waals surface area contributed by atoms with Crippen LogP contribution in [0.25, 0.3) is 0 Å². The minimum absolute atomic E-state index is 0.0611. The second kappa shape index (κ2) is 6.79. The highest BCUT2D eigenvalue weighted by atomic mass is 32.2. The molecule has 0 aliphatic rings. The third-order valence-corrected chi connectivity index (χ3v) is 5.44. The maximum absolute atomic E-state index is 12.0. The number of benzene rings is 2. The van der Waals surface area contributed by atoms with Crippen LogP contribution >= 0.6 is 0 Å². The normalized spacial score (nSPS) is 12.3. The van der Waals surface area contributed by atoms with E-state index in [0.29, 0.717) is 0 Å². The fourth-order valence-electron chi connectivity index (χ4n) is 1.82. The second-order valence-corrected chi connectivity index (χ2v) is 8.13. The molecule has 0 aromatic heterocycles. The van der Waals surface area contributed by atoms with Gasteiger partial charge in [0.05, 0.1) is 9.79 Å². The predicted molar refractivity (Wildman–Crippen MR) is 83.8 cm³/mol. The van der Waals surface area contributed by atoms with Gasteiger partial charge in [-0.2, -0.15) is 16.8 Å². The van der Waals surface area contributed by atoms with Crippen molar-refractivity contribution in [3.63, 3.8) is 0 Å². The molecule has 0 aliphatic heterocycles. The van der Waals surface area contributed by atoms with Gasteiger partial charge in [0.15, 0.2) is 6.79 Å². The minimum atomic E-state index is -4.09. The van der Waals surface area contributed by atoms with Gasteiger partial charge in [-0.1, -0.05) is 24.3 Å². The summed E-state index contributed by atoms with van der Waals surface area (Å²) in [6, 6.07) is 12.2. The molecule has 6 nitrogen and oxygen atoms in total. The summed E-state index contributed by atoms with van der Waals surface area (Å²) in [7, 11) is -8.17. The Balaban J connectivity index is 2.07. The smallest absolute Gasteiger partial charge is 0.236 e. The molecule has 0 heterocycles. The number of aryl methyl sites for hydroxylation is 2. The average molecular weight is 356 g/mol. The van der Waals surface area contributed by atoms with E-state index >= 15 is 0 Å². The topological polar surface area (TPSA) is 86.7 Å². The lowest BCUT2D eigenvalue weighted by atomic mass is 10.2. The van der Waals surface area contributed by atoms with Crippen molar-refractivity contribution >= 4 is 20.2 Å². The van der Waals surface area contributed by atoms with E-state index in [1.165, 1.54) is 24.3 Å². The Labute approximate surface area is 135 Å². The zero-order valence-electron chi connectivity index (χ0n) is 12.6. The van der Waals surface area contributed by atoms with Gasteiger partial charge in [-0.3, -0.25) is 0 Å². The maximum Gasteiger partial charge on any atom is 0.299 e. The molecule has 0 saturated carbocycles. The summed E-state index contributed by atoms with van der Waals surface area (Å²) in [6.45, 7) is 2.54. The number of hydrogen-bond donors (Lipinski definition) is 0. The molecule has 0 saturated heterocycles. The van der Waals surface area contributed by atoms with Crippen LogP contribution < -0.4 is 0 Å². The largest absolute Gasteiger partial charge is 0.299 e. The molecule has 124 valence electrons. The number of hydrogen-bond acceptors (Lipinski definition) is 6. The second-order valence-electron chi connectivity index (χ2n) is 4.89. The zero-order valence-corrected chi connectivity index (χ0v) is 14.2. The predicted octanol–water partition coefficient (Wildman–Crippen LogP) is 2.37. The summed E-state index contributed by atoms with van der Waals surface area (Å²) < 4.78 is 57.1. The quantitative estimate of drug-likeness (QED) is 0.583. The van der Waals surface area contributed by atoms with Gasteiger partial charge in [0, 0.05) is 0 Å². The van der Waals surface area contributed by atoms with E-state index in [1.807, 2.05) is 0 Å². The highest BCUT2D eigenvalue weighted by molar-refractivity contribution is 7.87. The lowest BCUT2D eigenvalue weighted by Crippen LogP contribution is -2.14. The van der Waals surface area contributed by atoms with Crippen LogP contribution in [0.2, 0.25) is 0 Å². The van der Waals surface area contributed by atoms with Gasteiger partial charge in [-0.25, -0.2) is 8.37 Å². The van der Waals surface area contributed by atoms with E-state index in [1.54, 1.807) is 38.1 Å². The monoisotopic (exact) mass is 356 g/mol. The number of rotatable bonds is 6. The molecule has 0 unspecified atom stereocenters. The molecule has 8 heteroatoms. The van der Waals surface area contributed by atoms with Crippen molar-refractivity contribution in [2.45, 2.75) is 23.6 Å². The van der Waals surface area contributed by atoms with E-state index < -0.39 is 27.0 Å². The third-order valence-electron chi connectivity index (χ3n) is 2.96. The molecule has 0 radical (unpaired) electrons. The molecule has 0 N–H and O–H groups in total. The first-order valence-electron chi connectivity index (χ1n) is 6.63. The summed E-state index contributed by atoms with van der Waals surface area (Å²) >= 11 is 0. The van der Waals surface area contributed by atoms with E-state index in [-0.39, 0.29) is 9.79 Å². The summed E-state index contributed by atoms with van der Waals surface area (Å²) in [5.74, 6) is 0. The Morgan fingerprint density at radius 2 is 1.13 bits per heavy atom. The Kier molecular flexibility index (Phi) is 5.20. The van der Waals surface area contributed by atoms with Gasteiger partial charge in [-0.05, 0) is 49.2 Å². The molecule has 0 amide bonds. The van der Waals surface area contributed by atoms with Crippen molar-refractivity contribution in [2.24, 2.45) is 0 Å². The van der Waals surface area contributed by atoms with Gasteiger partial charge < -0.3 is 0 Å². The minimum Gasteiger partial charge on any atom is -0.236 e. The van der Waals surface area contributed by atoms with Gasteiger partial charge in [0.2, 0.25) is 0 Å². The molecule has 2 rings (SSSR count). The van der Waals surface area contributed by atoms with Crippen LogP contribution in [0.3, 0.4) is 0 Å². The van der Waals surface area contributed by atoms with Crippen LogP contribution in [0.4, 0.5) is 0 Å². The van der Waals surface area contributed by atoms with Gasteiger partial charge in [0.1, 0.15) is 0 Å². The molecule has 2 aromatic carbocycles. The Bertz CT molecular complexity index is 826. The van der Waals surface area contributed by atoms with Crippen LogP contribution in [0, 0.1) is 13.8 Å². The zero-order chi connectivity index (χ0) is 17.1. The molecule has 0 spiro atoms.